The molecule has 17 heteroatoms. The zero-order chi connectivity index (χ0) is 47.2. The normalized spacial score (nSPS) is 24.6. The number of nitro benzene ring substituents is 1. The zero-order valence-electron chi connectivity index (χ0n) is 37.7. The van der Waals surface area contributed by atoms with Gasteiger partial charge in [-0.3, -0.25) is 19.8 Å². The van der Waals surface area contributed by atoms with E-state index in [1.54, 1.807) is 36.4 Å². The lowest BCUT2D eigenvalue weighted by molar-refractivity contribution is -0.384. The first kappa shape index (κ1) is 49.2. The fourth-order valence-corrected chi connectivity index (χ4v) is 9.92. The summed E-state index contributed by atoms with van der Waals surface area (Å²) in [5.74, 6) is -1.30. The molecule has 0 bridgehead atoms. The Labute approximate surface area is 390 Å². The zero-order valence-corrected chi connectivity index (χ0v) is 37.7. The van der Waals surface area contributed by atoms with Crippen molar-refractivity contribution >= 4 is 23.8 Å². The van der Waals surface area contributed by atoms with Gasteiger partial charge in [-0.05, 0) is 98.4 Å². The molecule has 4 aliphatic rings. The Morgan fingerprint density at radius 3 is 2.45 bits per heavy atom. The molecule has 360 valence electrons. The van der Waals surface area contributed by atoms with Crippen molar-refractivity contribution < 1.29 is 63.1 Å². The molecule has 7 atom stereocenters. The quantitative estimate of drug-likeness (QED) is 0.0256. The van der Waals surface area contributed by atoms with Crippen LogP contribution >= 0.6 is 0 Å². The Kier molecular flexibility index (Phi) is 17.5. The topological polar surface area (TPSA) is 218 Å². The highest BCUT2D eigenvalue weighted by Gasteiger charge is 2.65. The van der Waals surface area contributed by atoms with Gasteiger partial charge in [-0.15, -0.1) is 6.58 Å². The lowest BCUT2D eigenvalue weighted by Gasteiger charge is -2.59. The smallest absolute Gasteiger partial charge is 0.415 e. The number of oxime groups is 1. The summed E-state index contributed by atoms with van der Waals surface area (Å²) in [6.07, 6.45) is 9.76. The number of aliphatic hydroxyl groups is 3. The molecule has 2 fully saturated rings. The lowest BCUT2D eigenvalue weighted by Crippen LogP contribution is -2.70. The number of non-ortho nitro benzene ring substituents is 1. The third kappa shape index (κ3) is 11.7. The maximum Gasteiger partial charge on any atom is 0.415 e. The number of hydrogen-bond acceptors (Lipinski definition) is 15. The Morgan fingerprint density at radius 2 is 1.73 bits per heavy atom. The first-order valence-electron chi connectivity index (χ1n) is 23.2. The first-order chi connectivity index (χ1) is 32.7. The van der Waals surface area contributed by atoms with Crippen LogP contribution in [0.15, 0.2) is 96.2 Å². The van der Waals surface area contributed by atoms with E-state index in [2.05, 4.69) is 12.7 Å². The van der Waals surface area contributed by atoms with Gasteiger partial charge in [0.05, 0.1) is 49.6 Å². The summed E-state index contributed by atoms with van der Waals surface area (Å²) in [7, 11) is 0. The number of ether oxygens (including phenoxy) is 6. The first-order valence-corrected chi connectivity index (χ1v) is 23.2. The number of aldehydes is 1. The number of benzene rings is 3. The van der Waals surface area contributed by atoms with Crippen LogP contribution in [-0.2, 0) is 19.0 Å². The van der Waals surface area contributed by atoms with Crippen molar-refractivity contribution in [3.63, 3.8) is 0 Å². The number of hydrogen-bond donors (Lipinski definition) is 3. The van der Waals surface area contributed by atoms with Crippen molar-refractivity contribution in [2.24, 2.45) is 22.9 Å². The second kappa shape index (κ2) is 23.9. The number of allylic oxidation sites excluding steroid dienone is 1. The number of carbonyl (C=O) groups is 2. The molecule has 0 spiro atoms. The average molecular weight is 928 g/mol. The minimum atomic E-state index is -1.64. The molecule has 1 amide bonds. The van der Waals surface area contributed by atoms with E-state index in [0.29, 0.717) is 67.2 Å². The Balaban J connectivity index is 1.43. The van der Waals surface area contributed by atoms with Crippen molar-refractivity contribution in [1.82, 2.24) is 4.90 Å². The fraction of sp³-hybridized carbons (Fsp3) is 0.500. The van der Waals surface area contributed by atoms with E-state index in [-0.39, 0.29) is 81.8 Å². The van der Waals surface area contributed by atoms with E-state index in [0.717, 1.165) is 43.1 Å². The molecule has 3 aromatic rings. The van der Waals surface area contributed by atoms with Crippen LogP contribution in [-0.4, -0.2) is 114 Å². The van der Waals surface area contributed by atoms with Crippen LogP contribution in [0.5, 0.6) is 23.0 Å². The van der Waals surface area contributed by atoms with Crippen LogP contribution in [0, 0.1) is 27.9 Å². The maximum atomic E-state index is 14.8. The Morgan fingerprint density at radius 1 is 0.955 bits per heavy atom. The van der Waals surface area contributed by atoms with E-state index in [9.17, 15) is 35.0 Å². The van der Waals surface area contributed by atoms with E-state index < -0.39 is 35.1 Å². The van der Waals surface area contributed by atoms with E-state index in [4.69, 9.17) is 38.4 Å². The highest BCUT2D eigenvalue weighted by molar-refractivity contribution is 6.03. The Hall–Kier alpha value is -5.69. The lowest BCUT2D eigenvalue weighted by atomic mass is 9.55. The van der Waals surface area contributed by atoms with Gasteiger partial charge in [0.25, 0.3) is 5.69 Å². The van der Waals surface area contributed by atoms with Crippen LogP contribution < -0.4 is 14.2 Å². The number of aliphatic hydroxyl groups excluding tert-OH is 3. The number of carbonyl (C=O) groups excluding carboxylic acids is 2. The summed E-state index contributed by atoms with van der Waals surface area (Å²) in [5, 5.41) is 45.9. The van der Waals surface area contributed by atoms with Crippen LogP contribution in [0.4, 0.5) is 10.5 Å². The molecule has 7 rings (SSSR count). The summed E-state index contributed by atoms with van der Waals surface area (Å²) in [6, 6.07) is 16.6. The maximum absolute atomic E-state index is 14.8. The molecular formula is C50H61N3O14. The van der Waals surface area contributed by atoms with Gasteiger partial charge in [0.1, 0.15) is 35.3 Å². The van der Waals surface area contributed by atoms with Crippen LogP contribution in [0.3, 0.4) is 0 Å². The number of nitro groups is 1. The molecule has 2 aliphatic heterocycles. The van der Waals surface area contributed by atoms with Gasteiger partial charge in [-0.25, -0.2) is 4.79 Å². The average Bonchev–Trinajstić information content (AvgIpc) is 3.34. The molecule has 2 heterocycles. The number of nitrogens with zero attached hydrogens (tertiary/aromatic N) is 3. The van der Waals surface area contributed by atoms with Crippen molar-refractivity contribution in [3.8, 4) is 23.0 Å². The van der Waals surface area contributed by atoms with Gasteiger partial charge < -0.3 is 48.6 Å². The number of fused-ring (bicyclic) bond motifs is 2. The third-order valence-corrected chi connectivity index (χ3v) is 12.9. The van der Waals surface area contributed by atoms with Crippen molar-refractivity contribution in [3.05, 3.63) is 112 Å². The van der Waals surface area contributed by atoms with Crippen LogP contribution in [0.2, 0.25) is 0 Å². The number of rotatable bonds is 24. The van der Waals surface area contributed by atoms with E-state index in [1.807, 2.05) is 12.1 Å². The molecule has 0 aromatic heterocycles. The third-order valence-electron chi connectivity index (χ3n) is 12.9. The monoisotopic (exact) mass is 927 g/mol. The summed E-state index contributed by atoms with van der Waals surface area (Å²) >= 11 is 0. The second-order valence-electron chi connectivity index (χ2n) is 17.1. The molecule has 17 nitrogen and oxygen atoms in total. The Bertz CT molecular complexity index is 2210. The minimum absolute atomic E-state index is 0.00838. The predicted molar refractivity (Wildman–Crippen MR) is 245 cm³/mol. The molecule has 1 saturated carbocycles. The summed E-state index contributed by atoms with van der Waals surface area (Å²) in [6.45, 7) is 4.28. The van der Waals surface area contributed by atoms with Crippen LogP contribution in [0.25, 0.3) is 0 Å². The molecule has 0 radical (unpaired) electrons. The van der Waals surface area contributed by atoms with Crippen molar-refractivity contribution in [2.45, 2.75) is 88.2 Å². The fourth-order valence-electron chi connectivity index (χ4n) is 9.92. The van der Waals surface area contributed by atoms with E-state index >= 15 is 0 Å². The van der Waals surface area contributed by atoms with Gasteiger partial charge in [0, 0.05) is 61.8 Å². The highest BCUT2D eigenvalue weighted by Crippen LogP contribution is 2.62. The van der Waals surface area contributed by atoms with Gasteiger partial charge in [-0.2, -0.15) is 0 Å². The summed E-state index contributed by atoms with van der Waals surface area (Å²) in [5.41, 5.74) is 2.46. The van der Waals surface area contributed by atoms with Crippen LogP contribution in [0.1, 0.15) is 86.0 Å². The van der Waals surface area contributed by atoms with Gasteiger partial charge in [0.2, 0.25) is 12.1 Å². The largest absolute Gasteiger partial charge is 0.459 e. The standard InChI is InChI=1S/C50H61N3O14/c1-2-25-63-50-45(52(21-27-61-28-24-56)49(58)65-37-17-15-36(16-18-37)53(59)60)32-43(51-67-46-14-5-8-26-62-46)41-30-35(11-3-6-22-54)40(13-4-7-23-55)47(48(41)50)42-31-39(19-20-44(42)66-50)64-38-12-9-10-34(29-38)33-57/h2,9-10,12,15-20,29-31,33,35,40,45-48,54-56H,1,3-8,11,13-14,21-28,32H2/t35-,40+,45-,46?,47+,48+,50+/m0/s1. The van der Waals surface area contributed by atoms with Gasteiger partial charge >= 0.3 is 6.09 Å². The van der Waals surface area contributed by atoms with E-state index in [1.165, 1.54) is 29.2 Å². The molecule has 3 N–H and O–H groups in total. The number of amides is 1. The SMILES string of the molecule is C=CCO[C@@]12Oc3ccc(Oc4cccc(C=O)c4)cc3[C@H]3[C@H](CCCCO)[C@@H](CCCCO)C=C(C(=NOC4CCCCO4)C[C@@H]1N(CCOCCO)C(=O)Oc1ccc([N+](=O)[O-])cc1)[C@H]32. The van der Waals surface area contributed by atoms with Crippen molar-refractivity contribution in [1.29, 1.82) is 0 Å². The molecule has 67 heavy (non-hydrogen) atoms. The second-order valence-corrected chi connectivity index (χ2v) is 17.1. The summed E-state index contributed by atoms with van der Waals surface area (Å²) in [4.78, 5) is 45.2. The molecule has 2 aliphatic carbocycles. The molecule has 3 aromatic carbocycles. The highest BCUT2D eigenvalue weighted by atomic mass is 16.8. The summed E-state index contributed by atoms with van der Waals surface area (Å²) < 4.78 is 38.5. The molecule has 1 unspecified atom stereocenters. The minimum Gasteiger partial charge on any atom is -0.459 e. The molecule has 1 saturated heterocycles. The van der Waals surface area contributed by atoms with Gasteiger partial charge in [0.15, 0.2) is 0 Å². The molecular weight excluding hydrogens is 867 g/mol. The predicted octanol–water partition coefficient (Wildman–Crippen LogP) is 7.87. The number of unbranched alkanes of at least 4 members (excludes halogenated alkanes) is 2. The van der Waals surface area contributed by atoms with Crippen molar-refractivity contribution in [2.75, 3.05) is 52.8 Å². The van der Waals surface area contributed by atoms with Gasteiger partial charge in [-0.1, -0.05) is 42.3 Å².